The lowest BCUT2D eigenvalue weighted by Crippen LogP contribution is -2.12. The van der Waals surface area contributed by atoms with E-state index in [4.69, 9.17) is 11.6 Å². The first-order chi connectivity index (χ1) is 8.56. The van der Waals surface area contributed by atoms with Crippen molar-refractivity contribution >= 4 is 55.1 Å². The van der Waals surface area contributed by atoms with Crippen LogP contribution in [0.1, 0.15) is 10.4 Å². The second-order valence-corrected chi connectivity index (χ2v) is 5.35. The third-order valence-electron chi connectivity index (χ3n) is 2.04. The summed E-state index contributed by atoms with van der Waals surface area (Å²) in [5, 5.41) is 3.05. The number of nitrogens with one attached hydrogen (secondary N) is 1. The van der Waals surface area contributed by atoms with Gasteiger partial charge in [0.05, 0.1) is 21.9 Å². The number of aromatic nitrogens is 2. The first-order valence-corrected chi connectivity index (χ1v) is 6.76. The number of carbonyl (C=O) groups excluding carboxylic acids is 1. The van der Waals surface area contributed by atoms with Crippen LogP contribution in [0.15, 0.2) is 39.7 Å². The molecule has 18 heavy (non-hydrogen) atoms. The van der Waals surface area contributed by atoms with Crippen LogP contribution >= 0.6 is 43.5 Å². The van der Waals surface area contributed by atoms with Crippen LogP contribution in [0.2, 0.25) is 5.15 Å². The minimum atomic E-state index is -0.258. The van der Waals surface area contributed by atoms with Gasteiger partial charge in [-0.2, -0.15) is 0 Å². The van der Waals surface area contributed by atoms with Gasteiger partial charge in [-0.15, -0.1) is 0 Å². The van der Waals surface area contributed by atoms with Gasteiger partial charge in [-0.05, 0) is 50.1 Å². The fraction of sp³-hybridized carbons (Fsp3) is 0. The van der Waals surface area contributed by atoms with Crippen LogP contribution in [0.25, 0.3) is 0 Å². The molecule has 0 aromatic carbocycles. The lowest BCUT2D eigenvalue weighted by molar-refractivity contribution is 0.102. The summed E-state index contributed by atoms with van der Waals surface area (Å²) in [5.41, 5.74) is 1.02. The number of halogens is 3. The highest BCUT2D eigenvalue weighted by Gasteiger charge is 2.08. The Balaban J connectivity index is 2.16. The van der Waals surface area contributed by atoms with Crippen molar-refractivity contribution in [2.24, 2.45) is 0 Å². The van der Waals surface area contributed by atoms with Gasteiger partial charge in [0.2, 0.25) is 0 Å². The average molecular weight is 391 g/mol. The molecule has 2 aromatic rings. The first kappa shape index (κ1) is 13.5. The Morgan fingerprint density at radius 2 is 2.00 bits per heavy atom. The van der Waals surface area contributed by atoms with E-state index in [9.17, 15) is 4.79 Å². The quantitative estimate of drug-likeness (QED) is 0.790. The van der Waals surface area contributed by atoms with E-state index in [1.807, 2.05) is 0 Å². The third-order valence-corrected chi connectivity index (χ3v) is 3.65. The van der Waals surface area contributed by atoms with Crippen LogP contribution in [-0.4, -0.2) is 15.9 Å². The molecule has 0 bridgehead atoms. The highest BCUT2D eigenvalue weighted by atomic mass is 79.9. The summed E-state index contributed by atoms with van der Waals surface area (Å²) < 4.78 is 1.30. The molecule has 0 radical (unpaired) electrons. The van der Waals surface area contributed by atoms with Crippen LogP contribution in [0.4, 0.5) is 5.69 Å². The predicted molar refractivity (Wildman–Crippen MR) is 76.8 cm³/mol. The van der Waals surface area contributed by atoms with E-state index in [0.29, 0.717) is 25.5 Å². The lowest BCUT2D eigenvalue weighted by Gasteiger charge is -2.05. The molecule has 0 fully saturated rings. The Morgan fingerprint density at radius 3 is 2.61 bits per heavy atom. The molecule has 7 heteroatoms. The summed E-state index contributed by atoms with van der Waals surface area (Å²) >= 11 is 12.2. The maximum absolute atomic E-state index is 11.9. The summed E-state index contributed by atoms with van der Waals surface area (Å²) in [5.74, 6) is -0.258. The molecule has 0 aliphatic rings. The summed E-state index contributed by atoms with van der Waals surface area (Å²) in [7, 11) is 0. The maximum atomic E-state index is 11.9. The maximum Gasteiger partial charge on any atom is 0.257 e. The SMILES string of the molecule is O=C(Nc1cnc(Cl)c(Br)c1)c1ccc(Br)nc1. The number of hydrogen-bond acceptors (Lipinski definition) is 3. The molecule has 0 spiro atoms. The summed E-state index contributed by atoms with van der Waals surface area (Å²) in [6.07, 6.45) is 2.97. The second kappa shape index (κ2) is 5.77. The van der Waals surface area contributed by atoms with E-state index >= 15 is 0 Å². The van der Waals surface area contributed by atoms with E-state index in [-0.39, 0.29) is 5.91 Å². The molecule has 1 N–H and O–H groups in total. The molecule has 0 aliphatic carbocycles. The zero-order chi connectivity index (χ0) is 13.1. The normalized spacial score (nSPS) is 10.2. The van der Waals surface area contributed by atoms with E-state index < -0.39 is 0 Å². The summed E-state index contributed by atoms with van der Waals surface area (Å²) in [6, 6.07) is 5.05. The number of hydrogen-bond donors (Lipinski definition) is 1. The Labute approximate surface area is 125 Å². The third kappa shape index (κ3) is 3.28. The van der Waals surface area contributed by atoms with Gasteiger partial charge < -0.3 is 5.32 Å². The molecule has 2 aromatic heterocycles. The molecule has 1 amide bonds. The van der Waals surface area contributed by atoms with Gasteiger partial charge in [-0.1, -0.05) is 11.6 Å². The molecular weight excluding hydrogens is 385 g/mol. The van der Waals surface area contributed by atoms with Gasteiger partial charge in [0.15, 0.2) is 0 Å². The molecule has 92 valence electrons. The van der Waals surface area contributed by atoms with Crippen molar-refractivity contribution in [1.82, 2.24) is 9.97 Å². The van der Waals surface area contributed by atoms with Gasteiger partial charge in [0.25, 0.3) is 5.91 Å². The topological polar surface area (TPSA) is 54.9 Å². The zero-order valence-corrected chi connectivity index (χ0v) is 12.8. The number of carbonyl (C=O) groups is 1. The van der Waals surface area contributed by atoms with E-state index in [0.717, 1.165) is 0 Å². The molecule has 4 nitrogen and oxygen atoms in total. The van der Waals surface area contributed by atoms with Gasteiger partial charge in [-0.25, -0.2) is 9.97 Å². The Kier molecular flexibility index (Phi) is 4.31. The highest BCUT2D eigenvalue weighted by Crippen LogP contribution is 2.23. The fourth-order valence-corrected chi connectivity index (χ4v) is 1.89. The monoisotopic (exact) mass is 389 g/mol. The minimum Gasteiger partial charge on any atom is -0.321 e. The van der Waals surface area contributed by atoms with Crippen molar-refractivity contribution in [2.45, 2.75) is 0 Å². The Bertz CT molecular complexity index is 589. The van der Waals surface area contributed by atoms with Crippen molar-refractivity contribution < 1.29 is 4.79 Å². The summed E-state index contributed by atoms with van der Waals surface area (Å²) in [4.78, 5) is 19.8. The lowest BCUT2D eigenvalue weighted by atomic mass is 10.2. The van der Waals surface area contributed by atoms with Crippen molar-refractivity contribution in [3.05, 3.63) is 50.4 Å². The van der Waals surface area contributed by atoms with Crippen LogP contribution in [-0.2, 0) is 0 Å². The van der Waals surface area contributed by atoms with E-state index in [1.54, 1.807) is 18.2 Å². The smallest absolute Gasteiger partial charge is 0.257 e. The average Bonchev–Trinajstić information content (AvgIpc) is 2.34. The van der Waals surface area contributed by atoms with Crippen molar-refractivity contribution in [1.29, 1.82) is 0 Å². The van der Waals surface area contributed by atoms with E-state index in [1.165, 1.54) is 12.4 Å². The number of rotatable bonds is 2. The number of pyridine rings is 2. The molecule has 0 atom stereocenters. The van der Waals surface area contributed by atoms with Gasteiger partial charge in [0.1, 0.15) is 9.76 Å². The predicted octanol–water partition coefficient (Wildman–Crippen LogP) is 3.91. The van der Waals surface area contributed by atoms with Crippen molar-refractivity contribution in [2.75, 3.05) is 5.32 Å². The Morgan fingerprint density at radius 1 is 1.22 bits per heavy atom. The zero-order valence-electron chi connectivity index (χ0n) is 8.82. The largest absolute Gasteiger partial charge is 0.321 e. The van der Waals surface area contributed by atoms with Crippen LogP contribution in [0.5, 0.6) is 0 Å². The van der Waals surface area contributed by atoms with Crippen molar-refractivity contribution in [3.8, 4) is 0 Å². The van der Waals surface area contributed by atoms with Gasteiger partial charge in [0, 0.05) is 6.20 Å². The molecule has 2 rings (SSSR count). The molecular formula is C11H6Br2ClN3O. The summed E-state index contributed by atoms with van der Waals surface area (Å²) in [6.45, 7) is 0. The van der Waals surface area contributed by atoms with Gasteiger partial charge >= 0.3 is 0 Å². The van der Waals surface area contributed by atoms with Crippen LogP contribution < -0.4 is 5.32 Å². The minimum absolute atomic E-state index is 0.258. The standard InChI is InChI=1S/C11H6Br2ClN3O/c12-8-3-7(5-16-10(8)14)17-11(18)6-1-2-9(13)15-4-6/h1-5H,(H,17,18). The molecule has 0 saturated heterocycles. The molecule has 0 aliphatic heterocycles. The van der Waals surface area contributed by atoms with Crippen molar-refractivity contribution in [3.63, 3.8) is 0 Å². The first-order valence-electron chi connectivity index (χ1n) is 4.80. The number of anilines is 1. The molecule has 0 saturated carbocycles. The fourth-order valence-electron chi connectivity index (χ4n) is 1.20. The van der Waals surface area contributed by atoms with Crippen LogP contribution in [0.3, 0.4) is 0 Å². The van der Waals surface area contributed by atoms with Crippen LogP contribution in [0, 0.1) is 0 Å². The second-order valence-electron chi connectivity index (χ2n) is 3.32. The number of amides is 1. The highest BCUT2D eigenvalue weighted by molar-refractivity contribution is 9.10. The number of nitrogens with zero attached hydrogens (tertiary/aromatic N) is 2. The molecule has 2 heterocycles. The van der Waals surface area contributed by atoms with Gasteiger partial charge in [-0.3, -0.25) is 4.79 Å². The molecule has 0 unspecified atom stereocenters. The van der Waals surface area contributed by atoms with E-state index in [2.05, 4.69) is 47.1 Å². The Hall–Kier alpha value is -0.980.